The largest absolute Gasteiger partial charge is 0.389 e. The molecule has 0 saturated carbocycles. The minimum Gasteiger partial charge on any atom is -0.389 e. The van der Waals surface area contributed by atoms with Gasteiger partial charge in [-0.3, -0.25) is 0 Å². The number of benzene rings is 1. The highest BCUT2D eigenvalue weighted by Crippen LogP contribution is 2.20. The molecule has 6 nitrogen and oxygen atoms in total. The molecule has 2 rings (SSSR count). The van der Waals surface area contributed by atoms with Gasteiger partial charge in [-0.05, 0) is 30.3 Å². The van der Waals surface area contributed by atoms with Gasteiger partial charge in [0.25, 0.3) is 0 Å². The van der Waals surface area contributed by atoms with E-state index in [4.69, 9.17) is 29.6 Å². The first kappa shape index (κ1) is 15.8. The van der Waals surface area contributed by atoms with E-state index in [1.54, 1.807) is 12.1 Å². The smallest absolute Gasteiger partial charge is 0.240 e. The zero-order valence-electron chi connectivity index (χ0n) is 10.7. The van der Waals surface area contributed by atoms with Crippen molar-refractivity contribution in [1.82, 2.24) is 14.9 Å². The Kier molecular flexibility index (Phi) is 4.84. The van der Waals surface area contributed by atoms with Crippen LogP contribution in [0.5, 0.6) is 0 Å². The number of thiocarbonyl (C=S) groups is 1. The molecule has 1 heterocycles. The van der Waals surface area contributed by atoms with Gasteiger partial charge in [0, 0.05) is 11.8 Å². The second kappa shape index (κ2) is 6.44. The maximum atomic E-state index is 12.2. The minimum absolute atomic E-state index is 0.0244. The van der Waals surface area contributed by atoms with Crippen molar-refractivity contribution in [3.05, 3.63) is 52.8 Å². The normalized spacial score (nSPS) is 11.3. The van der Waals surface area contributed by atoms with Gasteiger partial charge in [-0.15, -0.1) is 0 Å². The maximum absolute atomic E-state index is 12.2. The third-order valence-electron chi connectivity index (χ3n) is 2.59. The van der Waals surface area contributed by atoms with E-state index in [0.29, 0.717) is 11.3 Å². The Bertz CT molecular complexity index is 766. The van der Waals surface area contributed by atoms with Crippen molar-refractivity contribution in [2.24, 2.45) is 5.73 Å². The minimum atomic E-state index is -3.71. The quantitative estimate of drug-likeness (QED) is 0.793. The second-order valence-electron chi connectivity index (χ2n) is 4.05. The van der Waals surface area contributed by atoms with Gasteiger partial charge in [-0.2, -0.15) is 10.2 Å². The number of nitrogens with one attached hydrogen (secondary N) is 1. The number of nitrogens with two attached hydrogens (primary N) is 1. The van der Waals surface area contributed by atoms with Gasteiger partial charge in [0.1, 0.15) is 4.99 Å². The monoisotopic (exact) mass is 342 g/mol. The zero-order valence-corrected chi connectivity index (χ0v) is 13.0. The van der Waals surface area contributed by atoms with Gasteiger partial charge in [0.05, 0.1) is 22.2 Å². The number of rotatable bonds is 5. The van der Waals surface area contributed by atoms with Crippen molar-refractivity contribution in [2.45, 2.75) is 11.4 Å². The van der Waals surface area contributed by atoms with E-state index in [-0.39, 0.29) is 21.5 Å². The molecule has 1 aromatic heterocycles. The van der Waals surface area contributed by atoms with Gasteiger partial charge in [-0.1, -0.05) is 23.8 Å². The van der Waals surface area contributed by atoms with Crippen molar-refractivity contribution < 1.29 is 8.42 Å². The number of halogens is 1. The summed E-state index contributed by atoms with van der Waals surface area (Å²) in [6.07, 6.45) is 1.51. The molecule has 2 aromatic rings. The third kappa shape index (κ3) is 3.94. The predicted octanol–water partition coefficient (Wildman–Crippen LogP) is 1.24. The fourth-order valence-corrected chi connectivity index (χ4v) is 3.15. The Morgan fingerprint density at radius 1 is 1.38 bits per heavy atom. The fraction of sp³-hybridized carbons (Fsp3) is 0.0833. The molecule has 0 bridgehead atoms. The van der Waals surface area contributed by atoms with Crippen LogP contribution in [0.15, 0.2) is 41.4 Å². The van der Waals surface area contributed by atoms with Crippen LogP contribution in [0, 0.1) is 0 Å². The highest BCUT2D eigenvalue weighted by atomic mass is 35.5. The zero-order chi connectivity index (χ0) is 15.5. The van der Waals surface area contributed by atoms with Crippen molar-refractivity contribution >= 4 is 38.8 Å². The summed E-state index contributed by atoms with van der Waals surface area (Å²) in [6.45, 7) is 0.0326. The van der Waals surface area contributed by atoms with E-state index >= 15 is 0 Å². The van der Waals surface area contributed by atoms with Gasteiger partial charge >= 0.3 is 0 Å². The second-order valence-corrected chi connectivity index (χ2v) is 6.66. The first-order valence-electron chi connectivity index (χ1n) is 5.76. The number of nitrogens with zero attached hydrogens (tertiary/aromatic N) is 2. The van der Waals surface area contributed by atoms with E-state index in [0.717, 1.165) is 0 Å². The molecule has 3 N–H and O–H groups in total. The first-order valence-corrected chi connectivity index (χ1v) is 8.03. The SMILES string of the molecule is NC(=S)c1ccc(S(=O)(=O)NCc2cccnn2)cc1Cl. The number of hydrogen-bond donors (Lipinski definition) is 2. The summed E-state index contributed by atoms with van der Waals surface area (Å²) in [4.78, 5) is 0.132. The molecule has 21 heavy (non-hydrogen) atoms. The van der Waals surface area contributed by atoms with Gasteiger partial charge < -0.3 is 5.73 Å². The topological polar surface area (TPSA) is 98.0 Å². The summed E-state index contributed by atoms with van der Waals surface area (Å²) in [6, 6.07) is 7.50. The molecule has 0 spiro atoms. The molecule has 0 aliphatic rings. The lowest BCUT2D eigenvalue weighted by molar-refractivity contribution is 0.580. The Labute approximate surface area is 132 Å². The molecule has 0 atom stereocenters. The van der Waals surface area contributed by atoms with Crippen LogP contribution in [0.25, 0.3) is 0 Å². The average Bonchev–Trinajstić information content (AvgIpc) is 2.46. The fourth-order valence-electron chi connectivity index (χ4n) is 1.54. The Morgan fingerprint density at radius 3 is 2.71 bits per heavy atom. The molecule has 0 fully saturated rings. The molecule has 0 amide bonds. The summed E-state index contributed by atoms with van der Waals surface area (Å²) >= 11 is 10.8. The van der Waals surface area contributed by atoms with Crippen LogP contribution in [0.2, 0.25) is 5.02 Å². The van der Waals surface area contributed by atoms with Crippen LogP contribution in [-0.4, -0.2) is 23.6 Å². The average molecular weight is 343 g/mol. The molecule has 0 unspecified atom stereocenters. The molecule has 0 aliphatic carbocycles. The third-order valence-corrected chi connectivity index (χ3v) is 4.52. The first-order chi connectivity index (χ1) is 9.90. The van der Waals surface area contributed by atoms with Crippen molar-refractivity contribution in [3.8, 4) is 0 Å². The molecule has 0 saturated heterocycles. The summed E-state index contributed by atoms with van der Waals surface area (Å²) in [5, 5.41) is 7.65. The lowest BCUT2D eigenvalue weighted by Gasteiger charge is -2.08. The lowest BCUT2D eigenvalue weighted by atomic mass is 10.2. The predicted molar refractivity (Wildman–Crippen MR) is 83.4 cm³/mol. The molecular formula is C12H11ClN4O2S2. The molecule has 110 valence electrons. The highest BCUT2D eigenvalue weighted by molar-refractivity contribution is 7.89. The Balaban J connectivity index is 2.20. The summed E-state index contributed by atoms with van der Waals surface area (Å²) in [7, 11) is -3.71. The van der Waals surface area contributed by atoms with Crippen LogP contribution in [0.1, 0.15) is 11.3 Å². The van der Waals surface area contributed by atoms with Crippen LogP contribution in [0.3, 0.4) is 0 Å². The molecule has 0 radical (unpaired) electrons. The van der Waals surface area contributed by atoms with Gasteiger partial charge in [0.2, 0.25) is 10.0 Å². The molecule has 9 heteroatoms. The number of sulfonamides is 1. The van der Waals surface area contributed by atoms with E-state index in [9.17, 15) is 8.42 Å². The van der Waals surface area contributed by atoms with Crippen LogP contribution < -0.4 is 10.5 Å². The van der Waals surface area contributed by atoms with E-state index in [1.165, 1.54) is 24.4 Å². The summed E-state index contributed by atoms with van der Waals surface area (Å²) < 4.78 is 26.7. The van der Waals surface area contributed by atoms with Crippen molar-refractivity contribution in [1.29, 1.82) is 0 Å². The summed E-state index contributed by atoms with van der Waals surface area (Å²) in [5.41, 5.74) is 6.41. The van der Waals surface area contributed by atoms with E-state index in [1.807, 2.05) is 0 Å². The molecule has 1 aromatic carbocycles. The highest BCUT2D eigenvalue weighted by Gasteiger charge is 2.16. The number of hydrogen-bond acceptors (Lipinski definition) is 5. The standard InChI is InChI=1S/C12H11ClN4O2S2/c13-11-6-9(3-4-10(11)12(14)20)21(18,19)16-7-8-2-1-5-15-17-8/h1-6,16H,7H2,(H2,14,20). The lowest BCUT2D eigenvalue weighted by Crippen LogP contribution is -2.24. The number of aromatic nitrogens is 2. The molecular weight excluding hydrogens is 332 g/mol. The van der Waals surface area contributed by atoms with Crippen LogP contribution in [0.4, 0.5) is 0 Å². The van der Waals surface area contributed by atoms with Crippen LogP contribution >= 0.6 is 23.8 Å². The van der Waals surface area contributed by atoms with Crippen LogP contribution in [-0.2, 0) is 16.6 Å². The Hall–Kier alpha value is -1.61. The van der Waals surface area contributed by atoms with Gasteiger partial charge in [0.15, 0.2) is 0 Å². The van der Waals surface area contributed by atoms with Crippen molar-refractivity contribution in [2.75, 3.05) is 0 Å². The maximum Gasteiger partial charge on any atom is 0.240 e. The van der Waals surface area contributed by atoms with E-state index in [2.05, 4.69) is 14.9 Å². The van der Waals surface area contributed by atoms with Crippen molar-refractivity contribution in [3.63, 3.8) is 0 Å². The van der Waals surface area contributed by atoms with E-state index < -0.39 is 10.0 Å². The Morgan fingerprint density at radius 2 is 2.14 bits per heavy atom. The summed E-state index contributed by atoms with van der Waals surface area (Å²) in [5.74, 6) is 0. The molecule has 0 aliphatic heterocycles. The van der Waals surface area contributed by atoms with Gasteiger partial charge in [-0.25, -0.2) is 13.1 Å².